The Labute approximate surface area is 173 Å². The molecule has 2 aromatic carbocycles. The Morgan fingerprint density at radius 3 is 2.30 bits per heavy atom. The molecule has 3 aromatic rings. The standard InChI is InChI=1S/C22H22N2O6/c1-27-15-6-4-14(5-7-15)12-23-21(25)13-30-20-11-19(22(26)29-3)24-18-9-8-16(28-2)10-17(18)20/h4-11H,12-13H2,1-3H3,(H,23,25). The summed E-state index contributed by atoms with van der Waals surface area (Å²) < 4.78 is 20.8. The number of ether oxygens (including phenoxy) is 4. The first-order valence-corrected chi connectivity index (χ1v) is 9.13. The number of esters is 1. The lowest BCUT2D eigenvalue weighted by atomic mass is 10.1. The summed E-state index contributed by atoms with van der Waals surface area (Å²) >= 11 is 0. The topological polar surface area (TPSA) is 96.0 Å². The second-order valence-corrected chi connectivity index (χ2v) is 6.29. The van der Waals surface area contributed by atoms with Crippen molar-refractivity contribution >= 4 is 22.8 Å². The van der Waals surface area contributed by atoms with E-state index in [1.807, 2.05) is 24.3 Å². The van der Waals surface area contributed by atoms with Gasteiger partial charge < -0.3 is 24.3 Å². The zero-order valence-corrected chi connectivity index (χ0v) is 16.9. The van der Waals surface area contributed by atoms with Crippen LogP contribution in [0.5, 0.6) is 17.2 Å². The van der Waals surface area contributed by atoms with Crippen LogP contribution in [0.15, 0.2) is 48.5 Å². The Morgan fingerprint density at radius 1 is 0.933 bits per heavy atom. The number of amides is 1. The minimum atomic E-state index is -0.596. The summed E-state index contributed by atoms with van der Waals surface area (Å²) in [4.78, 5) is 28.5. The molecule has 0 aliphatic rings. The monoisotopic (exact) mass is 410 g/mol. The predicted octanol–water partition coefficient (Wildman–Crippen LogP) is 2.73. The van der Waals surface area contributed by atoms with Crippen LogP contribution in [0.3, 0.4) is 0 Å². The van der Waals surface area contributed by atoms with Gasteiger partial charge in [-0.2, -0.15) is 0 Å². The molecule has 30 heavy (non-hydrogen) atoms. The Bertz CT molecular complexity index is 1050. The van der Waals surface area contributed by atoms with E-state index < -0.39 is 5.97 Å². The number of pyridine rings is 1. The molecule has 0 saturated carbocycles. The van der Waals surface area contributed by atoms with E-state index in [0.29, 0.717) is 28.9 Å². The van der Waals surface area contributed by atoms with E-state index in [9.17, 15) is 9.59 Å². The van der Waals surface area contributed by atoms with Crippen LogP contribution in [0.4, 0.5) is 0 Å². The number of carbonyl (C=O) groups is 2. The third-order valence-corrected chi connectivity index (χ3v) is 4.38. The summed E-state index contributed by atoms with van der Waals surface area (Å²) in [6, 6.07) is 14.0. The molecule has 1 N–H and O–H groups in total. The smallest absolute Gasteiger partial charge is 0.356 e. The van der Waals surface area contributed by atoms with Gasteiger partial charge in [0.2, 0.25) is 0 Å². The van der Waals surface area contributed by atoms with E-state index in [1.54, 1.807) is 32.4 Å². The van der Waals surface area contributed by atoms with Gasteiger partial charge in [0.1, 0.15) is 17.2 Å². The summed E-state index contributed by atoms with van der Waals surface area (Å²) in [5.41, 5.74) is 1.53. The van der Waals surface area contributed by atoms with Crippen LogP contribution in [0.25, 0.3) is 10.9 Å². The van der Waals surface area contributed by atoms with Crippen molar-refractivity contribution < 1.29 is 28.5 Å². The quantitative estimate of drug-likeness (QED) is 0.571. The third kappa shape index (κ3) is 4.96. The highest BCUT2D eigenvalue weighted by atomic mass is 16.5. The van der Waals surface area contributed by atoms with E-state index >= 15 is 0 Å². The summed E-state index contributed by atoms with van der Waals surface area (Å²) in [5.74, 6) is 0.775. The number of fused-ring (bicyclic) bond motifs is 1. The van der Waals surface area contributed by atoms with Crippen LogP contribution >= 0.6 is 0 Å². The first kappa shape index (κ1) is 20.9. The zero-order chi connectivity index (χ0) is 21.5. The molecule has 0 fully saturated rings. The van der Waals surface area contributed by atoms with Gasteiger partial charge >= 0.3 is 5.97 Å². The minimum Gasteiger partial charge on any atom is -0.497 e. The summed E-state index contributed by atoms with van der Waals surface area (Å²) in [6.07, 6.45) is 0. The average molecular weight is 410 g/mol. The molecule has 1 amide bonds. The number of benzene rings is 2. The molecule has 0 atom stereocenters. The molecule has 0 radical (unpaired) electrons. The molecule has 8 heteroatoms. The van der Waals surface area contributed by atoms with Gasteiger partial charge in [0.15, 0.2) is 12.3 Å². The summed E-state index contributed by atoms with van der Waals surface area (Å²) in [6.45, 7) is 0.123. The lowest BCUT2D eigenvalue weighted by Crippen LogP contribution is -2.28. The molecule has 1 aromatic heterocycles. The maximum Gasteiger partial charge on any atom is 0.356 e. The zero-order valence-electron chi connectivity index (χ0n) is 16.9. The van der Waals surface area contributed by atoms with Gasteiger partial charge in [-0.3, -0.25) is 4.79 Å². The first-order chi connectivity index (χ1) is 14.5. The van der Waals surface area contributed by atoms with E-state index in [0.717, 1.165) is 11.3 Å². The van der Waals surface area contributed by atoms with Crippen molar-refractivity contribution in [3.8, 4) is 17.2 Å². The Balaban J connectivity index is 1.72. The van der Waals surface area contributed by atoms with Gasteiger partial charge in [0.05, 0.1) is 26.8 Å². The van der Waals surface area contributed by atoms with Gasteiger partial charge in [-0.1, -0.05) is 12.1 Å². The molecule has 0 bridgehead atoms. The number of aromatic nitrogens is 1. The second kappa shape index (κ2) is 9.60. The Morgan fingerprint density at radius 2 is 1.63 bits per heavy atom. The van der Waals surface area contributed by atoms with Crippen LogP contribution in [-0.4, -0.2) is 44.8 Å². The number of methoxy groups -OCH3 is 3. The van der Waals surface area contributed by atoms with E-state index in [-0.39, 0.29) is 18.2 Å². The van der Waals surface area contributed by atoms with Crippen molar-refractivity contribution in [1.82, 2.24) is 10.3 Å². The lowest BCUT2D eigenvalue weighted by Gasteiger charge is -2.12. The maximum absolute atomic E-state index is 12.3. The predicted molar refractivity (Wildman–Crippen MR) is 110 cm³/mol. The number of nitrogens with zero attached hydrogens (tertiary/aromatic N) is 1. The third-order valence-electron chi connectivity index (χ3n) is 4.38. The Kier molecular flexibility index (Phi) is 6.69. The molecule has 3 rings (SSSR count). The molecule has 0 saturated heterocycles. The SMILES string of the molecule is COC(=O)c1cc(OCC(=O)NCc2ccc(OC)cc2)c2cc(OC)ccc2n1. The van der Waals surface area contributed by atoms with Gasteiger partial charge in [-0.15, -0.1) is 0 Å². The first-order valence-electron chi connectivity index (χ1n) is 9.13. The van der Waals surface area contributed by atoms with Crippen molar-refractivity contribution in [3.63, 3.8) is 0 Å². The van der Waals surface area contributed by atoms with Crippen molar-refractivity contribution in [2.75, 3.05) is 27.9 Å². The molecule has 0 aliphatic carbocycles. The van der Waals surface area contributed by atoms with Crippen molar-refractivity contribution in [2.45, 2.75) is 6.54 Å². The van der Waals surface area contributed by atoms with Crippen molar-refractivity contribution in [1.29, 1.82) is 0 Å². The van der Waals surface area contributed by atoms with Gasteiger partial charge in [0, 0.05) is 18.0 Å². The van der Waals surface area contributed by atoms with Gasteiger partial charge in [-0.05, 0) is 35.9 Å². The molecule has 1 heterocycles. The fourth-order valence-electron chi connectivity index (χ4n) is 2.77. The van der Waals surface area contributed by atoms with Crippen LogP contribution in [-0.2, 0) is 16.1 Å². The summed E-state index contributed by atoms with van der Waals surface area (Å²) in [5, 5.41) is 3.40. The highest BCUT2D eigenvalue weighted by molar-refractivity contribution is 5.94. The normalized spacial score (nSPS) is 10.4. The van der Waals surface area contributed by atoms with Crippen molar-refractivity contribution in [2.24, 2.45) is 0 Å². The minimum absolute atomic E-state index is 0.0869. The molecule has 8 nitrogen and oxygen atoms in total. The van der Waals surface area contributed by atoms with Crippen LogP contribution in [0.1, 0.15) is 16.1 Å². The molecular weight excluding hydrogens is 388 g/mol. The largest absolute Gasteiger partial charge is 0.497 e. The fourth-order valence-corrected chi connectivity index (χ4v) is 2.77. The van der Waals surface area contributed by atoms with E-state index in [4.69, 9.17) is 18.9 Å². The molecule has 156 valence electrons. The molecular formula is C22H22N2O6. The molecule has 0 spiro atoms. The number of hydrogen-bond acceptors (Lipinski definition) is 7. The van der Waals surface area contributed by atoms with Gasteiger partial charge in [-0.25, -0.2) is 9.78 Å². The molecule has 0 aliphatic heterocycles. The molecule has 0 unspecified atom stereocenters. The van der Waals surface area contributed by atoms with E-state index in [2.05, 4.69) is 10.3 Å². The fraction of sp³-hybridized carbons (Fsp3) is 0.227. The van der Waals surface area contributed by atoms with Gasteiger partial charge in [0.25, 0.3) is 5.91 Å². The summed E-state index contributed by atoms with van der Waals surface area (Å²) in [7, 11) is 4.41. The van der Waals surface area contributed by atoms with Crippen LogP contribution < -0.4 is 19.5 Å². The number of carbonyl (C=O) groups excluding carboxylic acids is 2. The highest BCUT2D eigenvalue weighted by Crippen LogP contribution is 2.29. The lowest BCUT2D eigenvalue weighted by molar-refractivity contribution is -0.123. The van der Waals surface area contributed by atoms with Crippen LogP contribution in [0.2, 0.25) is 0 Å². The number of nitrogens with one attached hydrogen (secondary N) is 1. The highest BCUT2D eigenvalue weighted by Gasteiger charge is 2.15. The second-order valence-electron chi connectivity index (χ2n) is 6.29. The average Bonchev–Trinajstić information content (AvgIpc) is 2.80. The number of hydrogen-bond donors (Lipinski definition) is 1. The number of rotatable bonds is 8. The van der Waals surface area contributed by atoms with Crippen LogP contribution in [0, 0.1) is 0 Å². The maximum atomic E-state index is 12.3. The Hall–Kier alpha value is -3.81. The van der Waals surface area contributed by atoms with E-state index in [1.165, 1.54) is 13.2 Å². The van der Waals surface area contributed by atoms with Crippen molar-refractivity contribution in [3.05, 3.63) is 59.8 Å².